The predicted molar refractivity (Wildman–Crippen MR) is 133 cm³/mol. The Morgan fingerprint density at radius 2 is 1.70 bits per heavy atom. The van der Waals surface area contributed by atoms with Crippen molar-refractivity contribution in [3.05, 3.63) is 83.0 Å². The van der Waals surface area contributed by atoms with Crippen LogP contribution in [-0.4, -0.2) is 34.0 Å². The van der Waals surface area contributed by atoms with Gasteiger partial charge in [0.25, 0.3) is 10.2 Å². The molecule has 5 rings (SSSR count). The highest BCUT2D eigenvalue weighted by Crippen LogP contribution is 2.41. The van der Waals surface area contributed by atoms with Crippen molar-refractivity contribution in [3.8, 4) is 28.1 Å². The number of nitrogens with zero attached hydrogens (tertiary/aromatic N) is 4. The predicted octanol–water partition coefficient (Wildman–Crippen LogP) is 4.59. The fourth-order valence-corrected chi connectivity index (χ4v) is 5.80. The van der Waals surface area contributed by atoms with E-state index in [9.17, 15) is 17.2 Å². The highest BCUT2D eigenvalue weighted by Gasteiger charge is 2.36. The molecule has 1 unspecified atom stereocenters. The quantitative estimate of drug-likeness (QED) is 0.353. The van der Waals surface area contributed by atoms with Gasteiger partial charge in [-0.25, -0.2) is 23.0 Å². The van der Waals surface area contributed by atoms with Crippen molar-refractivity contribution in [2.24, 2.45) is 5.14 Å². The molecule has 0 spiro atoms. The topological polar surface area (TPSA) is 120 Å². The molecule has 4 aromatic rings. The van der Waals surface area contributed by atoms with E-state index in [4.69, 9.17) is 22.5 Å². The number of nitrogens with two attached hydrogens (primary N) is 2. The lowest BCUT2D eigenvalue weighted by Crippen LogP contribution is -2.36. The summed E-state index contributed by atoms with van der Waals surface area (Å²) in [4.78, 5) is 3.97. The van der Waals surface area contributed by atoms with Crippen molar-refractivity contribution in [1.29, 1.82) is 0 Å². The Morgan fingerprint density at radius 1 is 1.03 bits per heavy atom. The Kier molecular flexibility index (Phi) is 6.44. The molecule has 13 heteroatoms. The van der Waals surface area contributed by atoms with Gasteiger partial charge < -0.3 is 5.73 Å². The maximum Gasteiger partial charge on any atom is 0.277 e. The molecule has 37 heavy (non-hydrogen) atoms. The van der Waals surface area contributed by atoms with Crippen LogP contribution in [0.3, 0.4) is 0 Å². The lowest BCUT2D eigenvalue weighted by atomic mass is 9.96. The molecule has 1 fully saturated rings. The van der Waals surface area contributed by atoms with E-state index in [1.54, 1.807) is 12.1 Å². The zero-order valence-corrected chi connectivity index (χ0v) is 20.6. The Morgan fingerprint density at radius 3 is 2.35 bits per heavy atom. The second-order valence-corrected chi connectivity index (χ2v) is 10.5. The zero-order chi connectivity index (χ0) is 26.5. The molecule has 3 heterocycles. The van der Waals surface area contributed by atoms with E-state index >= 15 is 4.39 Å². The van der Waals surface area contributed by atoms with Crippen LogP contribution < -0.4 is 10.9 Å². The van der Waals surface area contributed by atoms with Gasteiger partial charge in [0.2, 0.25) is 0 Å². The Hall–Kier alpha value is -3.45. The highest BCUT2D eigenvalue weighted by molar-refractivity contribution is 7.86. The second kappa shape index (κ2) is 9.45. The van der Waals surface area contributed by atoms with Crippen molar-refractivity contribution in [3.63, 3.8) is 0 Å². The summed E-state index contributed by atoms with van der Waals surface area (Å²) in [6.45, 7) is 0.140. The number of rotatable bonds is 5. The lowest BCUT2D eigenvalue weighted by Gasteiger charge is -2.23. The number of aromatic nitrogens is 3. The van der Waals surface area contributed by atoms with E-state index in [0.29, 0.717) is 18.4 Å². The standard InChI is InChI=1S/C24H20ClF3N6O2S/c25-14-8-16(22(28)17(9-14)21-2-1-7-34(21)37(30,35)36)18-12-33(24-19(26)10-15(29)11-20(24)27)32-23(18)13-3-5-31-6-4-13/h3-6,8-12,21H,1-2,7,29H2,(H2,30,35,36). The maximum absolute atomic E-state index is 16.1. The van der Waals surface area contributed by atoms with Gasteiger partial charge in [-0.3, -0.25) is 4.98 Å². The maximum atomic E-state index is 16.1. The van der Waals surface area contributed by atoms with Gasteiger partial charge in [0.15, 0.2) is 11.6 Å². The van der Waals surface area contributed by atoms with Gasteiger partial charge in [-0.2, -0.15) is 17.8 Å². The second-order valence-electron chi connectivity index (χ2n) is 8.58. The van der Waals surface area contributed by atoms with Crippen molar-refractivity contribution in [1.82, 2.24) is 19.1 Å². The number of halogens is 4. The molecule has 0 aliphatic carbocycles. The fraction of sp³-hybridized carbons (Fsp3) is 0.167. The number of benzene rings is 2. The molecule has 4 N–H and O–H groups in total. The smallest absolute Gasteiger partial charge is 0.277 e. The SMILES string of the molecule is Nc1cc(F)c(-n2cc(-c3cc(Cl)cc(C4CCCN4S(N)(=O)=O)c3F)c(-c3ccncc3)n2)c(F)c1. The number of anilines is 1. The minimum atomic E-state index is -4.10. The summed E-state index contributed by atoms with van der Waals surface area (Å²) in [5.74, 6) is -2.68. The minimum Gasteiger partial charge on any atom is -0.399 e. The molecule has 0 amide bonds. The largest absolute Gasteiger partial charge is 0.399 e. The van der Waals surface area contributed by atoms with Gasteiger partial charge in [-0.1, -0.05) is 11.6 Å². The molecule has 0 bridgehead atoms. The van der Waals surface area contributed by atoms with Crippen LogP contribution in [0.25, 0.3) is 28.1 Å². The summed E-state index contributed by atoms with van der Waals surface area (Å²) >= 11 is 6.37. The van der Waals surface area contributed by atoms with Crippen molar-refractivity contribution in [2.45, 2.75) is 18.9 Å². The third kappa shape index (κ3) is 4.68. The van der Waals surface area contributed by atoms with Crippen LogP contribution in [0.4, 0.5) is 18.9 Å². The third-order valence-electron chi connectivity index (χ3n) is 6.18. The minimum absolute atomic E-state index is 0.0295. The van der Waals surface area contributed by atoms with Gasteiger partial charge in [-0.15, -0.1) is 0 Å². The molecule has 0 radical (unpaired) electrons. The summed E-state index contributed by atoms with van der Waals surface area (Å²) in [7, 11) is -4.10. The van der Waals surface area contributed by atoms with E-state index in [1.165, 1.54) is 30.7 Å². The molecular formula is C24H20ClF3N6O2S. The Labute approximate surface area is 215 Å². The van der Waals surface area contributed by atoms with Crippen LogP contribution in [-0.2, 0) is 10.2 Å². The lowest BCUT2D eigenvalue weighted by molar-refractivity contribution is 0.387. The summed E-state index contributed by atoms with van der Waals surface area (Å²) in [6, 6.07) is 6.95. The number of hydrogen-bond donors (Lipinski definition) is 2. The molecule has 192 valence electrons. The van der Waals surface area contributed by atoms with Crippen LogP contribution in [0, 0.1) is 17.5 Å². The molecule has 2 aromatic heterocycles. The van der Waals surface area contributed by atoms with E-state index in [0.717, 1.165) is 21.1 Å². The highest BCUT2D eigenvalue weighted by atomic mass is 35.5. The first-order chi connectivity index (χ1) is 17.5. The van der Waals surface area contributed by atoms with E-state index in [-0.39, 0.29) is 39.6 Å². The van der Waals surface area contributed by atoms with Crippen LogP contribution in [0.15, 0.2) is 55.0 Å². The van der Waals surface area contributed by atoms with E-state index in [2.05, 4.69) is 10.1 Å². The molecular weight excluding hydrogens is 529 g/mol. The summed E-state index contributed by atoms with van der Waals surface area (Å²) in [6.07, 6.45) is 5.08. The average molecular weight is 549 g/mol. The van der Waals surface area contributed by atoms with Crippen LogP contribution in [0.5, 0.6) is 0 Å². The first-order valence-electron chi connectivity index (χ1n) is 11.1. The van der Waals surface area contributed by atoms with Crippen LogP contribution in [0.1, 0.15) is 24.4 Å². The van der Waals surface area contributed by atoms with Crippen molar-refractivity contribution in [2.75, 3.05) is 12.3 Å². The Balaban J connectivity index is 1.74. The summed E-state index contributed by atoms with van der Waals surface area (Å²) in [5, 5.41) is 9.85. The molecule has 2 aromatic carbocycles. The Bertz CT molecular complexity index is 1590. The number of nitrogen functional groups attached to an aromatic ring is 1. The van der Waals surface area contributed by atoms with Crippen LogP contribution >= 0.6 is 11.6 Å². The van der Waals surface area contributed by atoms with Crippen molar-refractivity contribution >= 4 is 27.5 Å². The number of pyridine rings is 1. The molecule has 0 saturated carbocycles. The normalized spacial score (nSPS) is 16.4. The molecule has 1 aliphatic heterocycles. The monoisotopic (exact) mass is 548 g/mol. The first-order valence-corrected chi connectivity index (χ1v) is 13.0. The zero-order valence-electron chi connectivity index (χ0n) is 19.1. The van der Waals surface area contributed by atoms with Gasteiger partial charge >= 0.3 is 0 Å². The van der Waals surface area contributed by atoms with Crippen LogP contribution in [0.2, 0.25) is 5.02 Å². The molecule has 1 saturated heterocycles. The molecule has 1 atom stereocenters. The molecule has 8 nitrogen and oxygen atoms in total. The van der Waals surface area contributed by atoms with E-state index in [1.807, 2.05) is 0 Å². The molecule has 1 aliphatic rings. The van der Waals surface area contributed by atoms with E-state index < -0.39 is 39.4 Å². The van der Waals surface area contributed by atoms with Crippen molar-refractivity contribution < 1.29 is 21.6 Å². The summed E-state index contributed by atoms with van der Waals surface area (Å²) in [5.41, 5.74) is 5.79. The third-order valence-corrected chi connectivity index (χ3v) is 7.49. The fourth-order valence-electron chi connectivity index (χ4n) is 4.62. The van der Waals surface area contributed by atoms with Gasteiger partial charge in [0.1, 0.15) is 17.2 Å². The summed E-state index contributed by atoms with van der Waals surface area (Å²) < 4.78 is 71.8. The van der Waals surface area contributed by atoms with Gasteiger partial charge in [-0.05, 0) is 49.2 Å². The first kappa shape index (κ1) is 25.2. The van der Waals surface area contributed by atoms with Gasteiger partial charge in [0.05, 0.1) is 6.04 Å². The van der Waals surface area contributed by atoms with Gasteiger partial charge in [0, 0.05) is 58.1 Å². The average Bonchev–Trinajstić information content (AvgIpc) is 3.48. The number of hydrogen-bond acceptors (Lipinski definition) is 5.